The molecule has 0 N–H and O–H groups in total. The molecular weight excluding hydrogens is 308 g/mol. The van der Waals surface area contributed by atoms with Crippen molar-refractivity contribution in [2.45, 2.75) is 38.5 Å². The Morgan fingerprint density at radius 2 is 2.00 bits per heavy atom. The Kier molecular flexibility index (Phi) is 4.36. The number of halogens is 1. The van der Waals surface area contributed by atoms with Gasteiger partial charge in [-0.3, -0.25) is 0 Å². The Morgan fingerprint density at radius 1 is 1.33 bits per heavy atom. The maximum absolute atomic E-state index is 12.0. The summed E-state index contributed by atoms with van der Waals surface area (Å²) in [6.07, 6.45) is 1.90. The smallest absolute Gasteiger partial charge is 0.154 e. The Bertz CT molecular complexity index is 763. The van der Waals surface area contributed by atoms with E-state index in [9.17, 15) is 8.42 Å². The zero-order valence-electron chi connectivity index (χ0n) is 12.9. The van der Waals surface area contributed by atoms with Crippen LogP contribution >= 0.6 is 11.6 Å². The molecule has 1 heterocycles. The van der Waals surface area contributed by atoms with Crippen LogP contribution in [-0.4, -0.2) is 34.9 Å². The van der Waals surface area contributed by atoms with Crippen molar-refractivity contribution >= 4 is 32.5 Å². The lowest BCUT2D eigenvalue weighted by Gasteiger charge is -2.24. The van der Waals surface area contributed by atoms with Gasteiger partial charge in [0, 0.05) is 25.1 Å². The van der Waals surface area contributed by atoms with Crippen molar-refractivity contribution < 1.29 is 8.42 Å². The molecule has 0 aliphatic rings. The lowest BCUT2D eigenvalue weighted by atomic mass is 10.2. The normalized spacial score (nSPS) is 13.0. The van der Waals surface area contributed by atoms with Gasteiger partial charge >= 0.3 is 0 Å². The van der Waals surface area contributed by atoms with E-state index < -0.39 is 14.6 Å². The number of aromatic nitrogens is 2. The Morgan fingerprint density at radius 3 is 2.57 bits per heavy atom. The second kappa shape index (κ2) is 5.61. The largest absolute Gasteiger partial charge is 0.326 e. The maximum atomic E-state index is 12.0. The predicted octanol–water partition coefficient (Wildman–Crippen LogP) is 2.95. The molecule has 0 aliphatic carbocycles. The fourth-order valence-electron chi connectivity index (χ4n) is 2.23. The molecule has 0 unspecified atom stereocenters. The molecule has 21 heavy (non-hydrogen) atoms. The summed E-state index contributed by atoms with van der Waals surface area (Å²) in [7, 11) is -3.17. The Balaban J connectivity index is 2.60. The molecule has 2 aromatic rings. The number of benzene rings is 1. The first-order chi connectivity index (χ1) is 9.65. The molecule has 0 fully saturated rings. The number of hydrogen-bond donors (Lipinski definition) is 0. The highest BCUT2D eigenvalue weighted by Gasteiger charge is 2.32. The first-order valence-corrected chi connectivity index (χ1v) is 9.29. The van der Waals surface area contributed by atoms with Gasteiger partial charge in [-0.05, 0) is 38.5 Å². The molecule has 0 aliphatic heterocycles. The summed E-state index contributed by atoms with van der Waals surface area (Å²) in [4.78, 5) is 4.59. The monoisotopic (exact) mass is 328 g/mol. The van der Waals surface area contributed by atoms with Crippen LogP contribution in [0.4, 0.5) is 0 Å². The molecule has 0 radical (unpaired) electrons. The Hall–Kier alpha value is -1.07. The fourth-order valence-corrected chi connectivity index (χ4v) is 2.77. The van der Waals surface area contributed by atoms with Crippen molar-refractivity contribution in [3.05, 3.63) is 29.6 Å². The molecule has 0 saturated heterocycles. The van der Waals surface area contributed by atoms with Gasteiger partial charge in [-0.2, -0.15) is 0 Å². The van der Waals surface area contributed by atoms with Gasteiger partial charge in [0.05, 0.1) is 15.8 Å². The zero-order chi connectivity index (χ0) is 15.8. The molecule has 116 valence electrons. The van der Waals surface area contributed by atoms with Crippen LogP contribution in [0.1, 0.15) is 25.2 Å². The number of hydrogen-bond acceptors (Lipinski definition) is 3. The third-order valence-corrected chi connectivity index (χ3v) is 6.17. The molecule has 0 saturated carbocycles. The van der Waals surface area contributed by atoms with E-state index in [1.807, 2.05) is 29.7 Å². The van der Waals surface area contributed by atoms with E-state index in [0.29, 0.717) is 18.8 Å². The van der Waals surface area contributed by atoms with E-state index in [4.69, 9.17) is 11.6 Å². The summed E-state index contributed by atoms with van der Waals surface area (Å²) in [6, 6.07) is 6.01. The van der Waals surface area contributed by atoms with Gasteiger partial charge in [0.2, 0.25) is 0 Å². The average molecular weight is 329 g/mol. The van der Waals surface area contributed by atoms with Gasteiger partial charge < -0.3 is 4.57 Å². The molecular formula is C15H21ClN2O2S. The third-order valence-electron chi connectivity index (χ3n) is 3.84. The van der Waals surface area contributed by atoms with Crippen LogP contribution in [0.2, 0.25) is 0 Å². The second-order valence-electron chi connectivity index (χ2n) is 6.08. The van der Waals surface area contributed by atoms with Gasteiger partial charge in [0.1, 0.15) is 5.82 Å². The van der Waals surface area contributed by atoms with Crippen molar-refractivity contribution in [3.63, 3.8) is 0 Å². The summed E-state index contributed by atoms with van der Waals surface area (Å²) < 4.78 is 25.1. The number of sulfone groups is 1. The molecule has 2 rings (SSSR count). The highest BCUT2D eigenvalue weighted by atomic mass is 35.5. The quantitative estimate of drug-likeness (QED) is 0.793. The first-order valence-electron chi connectivity index (χ1n) is 6.87. The minimum atomic E-state index is -3.17. The summed E-state index contributed by atoms with van der Waals surface area (Å²) in [5.41, 5.74) is 2.97. The topological polar surface area (TPSA) is 52.0 Å². The number of rotatable bonds is 5. The van der Waals surface area contributed by atoms with E-state index >= 15 is 0 Å². The summed E-state index contributed by atoms with van der Waals surface area (Å²) in [5.74, 6) is 1.30. The Labute approximate surface area is 131 Å². The molecule has 0 amide bonds. The van der Waals surface area contributed by atoms with E-state index in [1.165, 1.54) is 6.26 Å². The zero-order valence-corrected chi connectivity index (χ0v) is 14.4. The lowest BCUT2D eigenvalue weighted by molar-refractivity contribution is 0.501. The maximum Gasteiger partial charge on any atom is 0.154 e. The average Bonchev–Trinajstić information content (AvgIpc) is 2.66. The molecule has 1 aromatic heterocycles. The predicted molar refractivity (Wildman–Crippen MR) is 87.8 cm³/mol. The number of nitrogens with zero attached hydrogens (tertiary/aromatic N) is 2. The van der Waals surface area contributed by atoms with Crippen LogP contribution in [0.5, 0.6) is 0 Å². The van der Waals surface area contributed by atoms with E-state index in [0.717, 1.165) is 22.4 Å². The molecule has 6 heteroatoms. The lowest BCUT2D eigenvalue weighted by Crippen LogP contribution is -2.36. The van der Waals surface area contributed by atoms with Gasteiger partial charge in [0.25, 0.3) is 0 Å². The standard InChI is InChI=1S/C15H21ClN2O2S/c1-11-5-6-12-13(9-11)18(14(17-12)7-8-16)10-15(2,3)21(4,19)20/h5-6,9H,7-8,10H2,1-4H3. The number of imidazole rings is 1. The molecule has 0 atom stereocenters. The van der Waals surface area contributed by atoms with Crippen LogP contribution in [0, 0.1) is 6.92 Å². The fraction of sp³-hybridized carbons (Fsp3) is 0.533. The molecule has 1 aromatic carbocycles. The second-order valence-corrected chi connectivity index (χ2v) is 9.10. The van der Waals surface area contributed by atoms with Crippen LogP contribution in [-0.2, 0) is 22.8 Å². The number of alkyl halides is 1. The minimum absolute atomic E-state index is 0.373. The summed E-state index contributed by atoms with van der Waals surface area (Å²) >= 11 is 5.86. The van der Waals surface area contributed by atoms with Crippen LogP contribution in [0.3, 0.4) is 0 Å². The first kappa shape index (κ1) is 16.3. The minimum Gasteiger partial charge on any atom is -0.326 e. The van der Waals surface area contributed by atoms with Gasteiger partial charge in [-0.1, -0.05) is 6.07 Å². The highest BCUT2D eigenvalue weighted by molar-refractivity contribution is 7.92. The van der Waals surface area contributed by atoms with Crippen molar-refractivity contribution in [1.29, 1.82) is 0 Å². The summed E-state index contributed by atoms with van der Waals surface area (Å²) in [5, 5.41) is 0. The van der Waals surface area contributed by atoms with Gasteiger partial charge in [-0.25, -0.2) is 13.4 Å². The molecule has 4 nitrogen and oxygen atoms in total. The highest BCUT2D eigenvalue weighted by Crippen LogP contribution is 2.24. The van der Waals surface area contributed by atoms with Crippen LogP contribution in [0.25, 0.3) is 11.0 Å². The molecule has 0 bridgehead atoms. The number of fused-ring (bicyclic) bond motifs is 1. The van der Waals surface area contributed by atoms with Crippen LogP contribution in [0.15, 0.2) is 18.2 Å². The van der Waals surface area contributed by atoms with E-state index in [2.05, 4.69) is 4.98 Å². The van der Waals surface area contributed by atoms with Crippen LogP contribution < -0.4 is 0 Å². The molecule has 0 spiro atoms. The summed E-state index contributed by atoms with van der Waals surface area (Å²) in [6.45, 7) is 5.88. The van der Waals surface area contributed by atoms with Gasteiger partial charge in [-0.15, -0.1) is 11.6 Å². The van der Waals surface area contributed by atoms with Gasteiger partial charge in [0.15, 0.2) is 9.84 Å². The van der Waals surface area contributed by atoms with Crippen molar-refractivity contribution in [3.8, 4) is 0 Å². The SMILES string of the molecule is Cc1ccc2nc(CCCl)n(CC(C)(C)S(C)(=O)=O)c2c1. The van der Waals surface area contributed by atoms with Crippen molar-refractivity contribution in [2.75, 3.05) is 12.1 Å². The third kappa shape index (κ3) is 3.24. The van der Waals surface area contributed by atoms with Crippen molar-refractivity contribution in [2.24, 2.45) is 0 Å². The van der Waals surface area contributed by atoms with E-state index in [1.54, 1.807) is 13.8 Å². The number of aryl methyl sites for hydroxylation is 2. The van der Waals surface area contributed by atoms with Crippen molar-refractivity contribution in [1.82, 2.24) is 9.55 Å². The van der Waals surface area contributed by atoms with E-state index in [-0.39, 0.29) is 0 Å².